The first-order valence-electron chi connectivity index (χ1n) is 11.9. The second kappa shape index (κ2) is 11.4. The normalized spacial score (nSPS) is 13.6. The Morgan fingerprint density at radius 3 is 2.44 bits per heavy atom. The van der Waals surface area contributed by atoms with Crippen molar-refractivity contribution in [3.05, 3.63) is 41.6 Å². The molecule has 36 heavy (non-hydrogen) atoms. The number of ketones is 1. The molecule has 0 bridgehead atoms. The number of ether oxygens (including phenoxy) is 1. The number of piperazine rings is 1. The number of rotatable bonds is 9. The van der Waals surface area contributed by atoms with Crippen LogP contribution >= 0.6 is 11.8 Å². The zero-order valence-corrected chi connectivity index (χ0v) is 21.8. The monoisotopic (exact) mass is 509 g/mol. The lowest BCUT2D eigenvalue weighted by Gasteiger charge is -2.36. The van der Waals surface area contributed by atoms with Crippen molar-refractivity contribution in [3.63, 3.8) is 0 Å². The van der Waals surface area contributed by atoms with Gasteiger partial charge in [-0.15, -0.1) is 0 Å². The van der Waals surface area contributed by atoms with Crippen LogP contribution in [0.4, 0.5) is 17.5 Å². The summed E-state index contributed by atoms with van der Waals surface area (Å²) in [7, 11) is 1.60. The molecule has 0 unspecified atom stereocenters. The van der Waals surface area contributed by atoms with Gasteiger partial charge >= 0.3 is 0 Å². The maximum atomic E-state index is 12.1. The lowest BCUT2D eigenvalue weighted by Crippen LogP contribution is -2.49. The predicted octanol–water partition coefficient (Wildman–Crippen LogP) is 3.60. The third kappa shape index (κ3) is 6.14. The molecule has 1 aliphatic rings. The van der Waals surface area contributed by atoms with Crippen LogP contribution in [0, 0.1) is 6.92 Å². The third-order valence-electron chi connectivity index (χ3n) is 5.80. The summed E-state index contributed by atoms with van der Waals surface area (Å²) in [6.45, 7) is 7.93. The SMILES string of the molecule is CCC(=O)N1CCN(c2nc(Sc3ccc(CC(C)=O)cc3)nc(Nc3cc(C)[nH]n3)c2OC)CC1. The van der Waals surface area contributed by atoms with E-state index in [1.165, 1.54) is 11.8 Å². The molecule has 3 heterocycles. The molecule has 3 aromatic rings. The average Bonchev–Trinajstić information content (AvgIpc) is 3.28. The largest absolute Gasteiger partial charge is 0.490 e. The van der Waals surface area contributed by atoms with Gasteiger partial charge in [0.25, 0.3) is 0 Å². The van der Waals surface area contributed by atoms with E-state index in [1.54, 1.807) is 14.0 Å². The van der Waals surface area contributed by atoms with Crippen molar-refractivity contribution < 1.29 is 14.3 Å². The number of Topliss-reactive ketones (excluding diaryl/α,β-unsaturated/α-hetero) is 1. The van der Waals surface area contributed by atoms with Gasteiger partial charge in [0.1, 0.15) is 5.78 Å². The molecule has 4 rings (SSSR count). The van der Waals surface area contributed by atoms with Gasteiger partial charge in [0.15, 0.2) is 22.6 Å². The van der Waals surface area contributed by atoms with Crippen LogP contribution < -0.4 is 15.0 Å². The Morgan fingerprint density at radius 1 is 1.14 bits per heavy atom. The van der Waals surface area contributed by atoms with Crippen molar-refractivity contribution in [2.45, 2.75) is 43.7 Å². The number of amides is 1. The minimum atomic E-state index is 0.128. The van der Waals surface area contributed by atoms with Crippen molar-refractivity contribution in [1.29, 1.82) is 0 Å². The van der Waals surface area contributed by atoms with E-state index in [1.807, 2.05) is 49.1 Å². The van der Waals surface area contributed by atoms with E-state index in [-0.39, 0.29) is 11.7 Å². The van der Waals surface area contributed by atoms with Crippen molar-refractivity contribution in [1.82, 2.24) is 25.1 Å². The number of carbonyl (C=O) groups is 2. The zero-order valence-electron chi connectivity index (χ0n) is 21.0. The molecular formula is C25H31N7O3S. The molecule has 190 valence electrons. The van der Waals surface area contributed by atoms with Crippen molar-refractivity contribution in [2.75, 3.05) is 43.5 Å². The minimum Gasteiger partial charge on any atom is -0.490 e. The first kappa shape index (κ1) is 25.5. The van der Waals surface area contributed by atoms with Gasteiger partial charge < -0.3 is 19.9 Å². The maximum absolute atomic E-state index is 12.1. The number of aromatic nitrogens is 4. The molecule has 1 amide bonds. The summed E-state index contributed by atoms with van der Waals surface area (Å²) in [5.41, 5.74) is 1.89. The fraction of sp³-hybridized carbons (Fsp3) is 0.400. The van der Waals surface area contributed by atoms with Crippen LogP contribution in [0.15, 0.2) is 40.4 Å². The van der Waals surface area contributed by atoms with Gasteiger partial charge in [-0.3, -0.25) is 14.7 Å². The molecule has 0 aliphatic carbocycles. The van der Waals surface area contributed by atoms with E-state index in [2.05, 4.69) is 20.4 Å². The first-order valence-corrected chi connectivity index (χ1v) is 12.7. The molecule has 0 saturated carbocycles. The van der Waals surface area contributed by atoms with Crippen LogP contribution in [0.25, 0.3) is 0 Å². The number of H-pyrrole nitrogens is 1. The molecule has 2 N–H and O–H groups in total. The Balaban J connectivity index is 1.64. The molecule has 1 aliphatic heterocycles. The van der Waals surface area contributed by atoms with E-state index in [0.29, 0.717) is 67.4 Å². The number of nitrogens with one attached hydrogen (secondary N) is 2. The van der Waals surface area contributed by atoms with E-state index in [0.717, 1.165) is 16.2 Å². The fourth-order valence-corrected chi connectivity index (χ4v) is 4.77. The number of nitrogens with zero attached hydrogens (tertiary/aromatic N) is 5. The van der Waals surface area contributed by atoms with Gasteiger partial charge in [0, 0.05) is 55.7 Å². The number of hydrogen-bond donors (Lipinski definition) is 2. The Labute approximate surface area is 214 Å². The molecule has 11 heteroatoms. The number of anilines is 3. The number of aromatic amines is 1. The van der Waals surface area contributed by atoms with Gasteiger partial charge in [-0.25, -0.2) is 9.97 Å². The van der Waals surface area contributed by atoms with Crippen LogP contribution in [-0.4, -0.2) is 70.0 Å². The van der Waals surface area contributed by atoms with Gasteiger partial charge in [0.2, 0.25) is 11.7 Å². The maximum Gasteiger partial charge on any atom is 0.222 e. The topological polar surface area (TPSA) is 116 Å². The highest BCUT2D eigenvalue weighted by molar-refractivity contribution is 7.99. The van der Waals surface area contributed by atoms with Crippen LogP contribution in [0.3, 0.4) is 0 Å². The van der Waals surface area contributed by atoms with Crippen molar-refractivity contribution in [3.8, 4) is 5.75 Å². The first-order chi connectivity index (χ1) is 17.4. The quantitative estimate of drug-likeness (QED) is 0.417. The summed E-state index contributed by atoms with van der Waals surface area (Å²) in [4.78, 5) is 38.1. The Bertz CT molecular complexity index is 1220. The van der Waals surface area contributed by atoms with Crippen LogP contribution in [0.1, 0.15) is 31.5 Å². The highest BCUT2D eigenvalue weighted by Crippen LogP contribution is 2.38. The van der Waals surface area contributed by atoms with E-state index in [9.17, 15) is 9.59 Å². The van der Waals surface area contributed by atoms with Crippen LogP contribution in [-0.2, 0) is 16.0 Å². The molecule has 2 aromatic heterocycles. The fourth-order valence-electron chi connectivity index (χ4n) is 4.01. The van der Waals surface area contributed by atoms with E-state index < -0.39 is 0 Å². The summed E-state index contributed by atoms with van der Waals surface area (Å²) in [6, 6.07) is 9.72. The van der Waals surface area contributed by atoms with Crippen LogP contribution in [0.2, 0.25) is 0 Å². The predicted molar refractivity (Wildman–Crippen MR) is 139 cm³/mol. The van der Waals surface area contributed by atoms with Crippen LogP contribution in [0.5, 0.6) is 5.75 Å². The number of carbonyl (C=O) groups excluding carboxylic acids is 2. The van der Waals surface area contributed by atoms with Crippen molar-refractivity contribution in [2.24, 2.45) is 0 Å². The number of benzene rings is 1. The molecule has 10 nitrogen and oxygen atoms in total. The zero-order chi connectivity index (χ0) is 25.7. The molecule has 1 aromatic carbocycles. The lowest BCUT2D eigenvalue weighted by molar-refractivity contribution is -0.131. The Morgan fingerprint density at radius 2 is 1.86 bits per heavy atom. The summed E-state index contributed by atoms with van der Waals surface area (Å²) in [5.74, 6) is 2.61. The molecule has 1 saturated heterocycles. The summed E-state index contributed by atoms with van der Waals surface area (Å²) >= 11 is 1.43. The second-order valence-corrected chi connectivity index (χ2v) is 9.66. The highest BCUT2D eigenvalue weighted by Gasteiger charge is 2.26. The second-order valence-electron chi connectivity index (χ2n) is 8.62. The number of methoxy groups -OCH3 is 1. The van der Waals surface area contributed by atoms with Gasteiger partial charge in [0.05, 0.1) is 7.11 Å². The third-order valence-corrected chi connectivity index (χ3v) is 6.68. The smallest absolute Gasteiger partial charge is 0.222 e. The Hall–Kier alpha value is -3.60. The highest BCUT2D eigenvalue weighted by atomic mass is 32.2. The Kier molecular flexibility index (Phi) is 8.09. The van der Waals surface area contributed by atoms with Crippen molar-refractivity contribution >= 4 is 40.9 Å². The summed E-state index contributed by atoms with van der Waals surface area (Å²) < 4.78 is 5.77. The average molecular weight is 510 g/mol. The minimum absolute atomic E-state index is 0.128. The number of aryl methyl sites for hydroxylation is 1. The van der Waals surface area contributed by atoms with E-state index in [4.69, 9.17) is 14.7 Å². The standard InChI is InChI=1S/C25H31N7O3S/c1-5-21(34)31-10-12-32(13-11-31)24-22(35-4)23(26-20-14-16(2)29-30-20)27-25(28-24)36-19-8-6-18(7-9-19)15-17(3)33/h6-9,14H,5,10-13,15H2,1-4H3,(H2,26,27,28,29,30). The molecule has 0 atom stereocenters. The van der Waals surface area contributed by atoms with E-state index >= 15 is 0 Å². The van der Waals surface area contributed by atoms with Gasteiger partial charge in [-0.05, 0) is 43.3 Å². The van der Waals surface area contributed by atoms with Gasteiger partial charge in [-0.1, -0.05) is 19.1 Å². The van der Waals surface area contributed by atoms with Gasteiger partial charge in [-0.2, -0.15) is 5.10 Å². The molecule has 1 fully saturated rings. The lowest BCUT2D eigenvalue weighted by atomic mass is 10.1. The molecule has 0 radical (unpaired) electrons. The molecular weight excluding hydrogens is 478 g/mol. The summed E-state index contributed by atoms with van der Waals surface area (Å²) in [6.07, 6.45) is 0.914. The summed E-state index contributed by atoms with van der Waals surface area (Å²) in [5, 5.41) is 11.0. The number of hydrogen-bond acceptors (Lipinski definition) is 9. The molecule has 0 spiro atoms.